The number of rotatable bonds is 4. The number of nitrogens with zero attached hydrogens (tertiary/aromatic N) is 3. The predicted molar refractivity (Wildman–Crippen MR) is 141 cm³/mol. The SMILES string of the molecule is O=C1[C@H](Cl)[C@@H](c2cc3ccccc3cc2N2CCN(c3ccccc3)CC2)N1c1ccccc1. The van der Waals surface area contributed by atoms with E-state index in [1.54, 1.807) is 0 Å². The molecule has 0 aromatic heterocycles. The Morgan fingerprint density at radius 1 is 0.647 bits per heavy atom. The van der Waals surface area contributed by atoms with Crippen molar-refractivity contribution in [1.29, 1.82) is 0 Å². The normalized spacial score (nSPS) is 20.5. The Morgan fingerprint density at radius 3 is 1.82 bits per heavy atom. The lowest BCUT2D eigenvalue weighted by atomic mass is 9.88. The number of hydrogen-bond acceptors (Lipinski definition) is 3. The van der Waals surface area contributed by atoms with Crippen LogP contribution >= 0.6 is 11.6 Å². The second-order valence-electron chi connectivity index (χ2n) is 8.96. The molecular weight excluding hydrogens is 442 g/mol. The molecule has 2 atom stereocenters. The molecular formula is C29H26ClN3O. The van der Waals surface area contributed by atoms with Crippen molar-refractivity contribution in [3.63, 3.8) is 0 Å². The lowest BCUT2D eigenvalue weighted by Gasteiger charge is -2.47. The molecule has 0 unspecified atom stereocenters. The molecule has 2 heterocycles. The molecule has 0 radical (unpaired) electrons. The first kappa shape index (κ1) is 21.1. The third-order valence-corrected chi connectivity index (χ3v) is 7.44. The van der Waals surface area contributed by atoms with Crippen LogP contribution in [0.25, 0.3) is 10.8 Å². The lowest BCUT2D eigenvalue weighted by Crippen LogP contribution is -2.57. The number of carbonyl (C=O) groups is 1. The van der Waals surface area contributed by atoms with Gasteiger partial charge in [-0.2, -0.15) is 0 Å². The molecule has 0 bridgehead atoms. The van der Waals surface area contributed by atoms with E-state index in [0.717, 1.165) is 37.4 Å². The van der Waals surface area contributed by atoms with Crippen molar-refractivity contribution in [1.82, 2.24) is 0 Å². The maximum absolute atomic E-state index is 12.9. The fraction of sp³-hybridized carbons (Fsp3) is 0.207. The zero-order valence-electron chi connectivity index (χ0n) is 18.8. The minimum atomic E-state index is -0.564. The van der Waals surface area contributed by atoms with Gasteiger partial charge in [0, 0.05) is 48.8 Å². The molecule has 6 rings (SSSR count). The summed E-state index contributed by atoms with van der Waals surface area (Å²) in [5.74, 6) is -0.0362. The van der Waals surface area contributed by atoms with Crippen LogP contribution in [0.1, 0.15) is 11.6 Å². The Bertz CT molecular complexity index is 1320. The number of para-hydroxylation sites is 2. The van der Waals surface area contributed by atoms with Gasteiger partial charge in [0.15, 0.2) is 0 Å². The number of amides is 1. The van der Waals surface area contributed by atoms with E-state index in [-0.39, 0.29) is 11.9 Å². The van der Waals surface area contributed by atoms with Gasteiger partial charge in [-0.1, -0.05) is 60.7 Å². The molecule has 170 valence electrons. The van der Waals surface area contributed by atoms with Gasteiger partial charge >= 0.3 is 0 Å². The smallest absolute Gasteiger partial charge is 0.248 e. The van der Waals surface area contributed by atoms with Crippen LogP contribution in [0.2, 0.25) is 0 Å². The van der Waals surface area contributed by atoms with Crippen LogP contribution < -0.4 is 14.7 Å². The van der Waals surface area contributed by atoms with Gasteiger partial charge in [-0.25, -0.2) is 0 Å². The monoisotopic (exact) mass is 467 g/mol. The highest BCUT2D eigenvalue weighted by Crippen LogP contribution is 2.46. The summed E-state index contributed by atoms with van der Waals surface area (Å²) in [6.07, 6.45) is 0. The standard InChI is InChI=1S/C29H26ClN3O/c30-27-28(33(29(27)34)24-13-5-2-6-14-24)25-19-21-9-7-8-10-22(21)20-26(25)32-17-15-31(16-18-32)23-11-3-1-4-12-23/h1-14,19-20,27-28H,15-18H2/t27-,28-/m1/s1. The first-order valence-electron chi connectivity index (χ1n) is 11.8. The van der Waals surface area contributed by atoms with Crippen LogP contribution in [0.3, 0.4) is 0 Å². The number of piperazine rings is 1. The summed E-state index contributed by atoms with van der Waals surface area (Å²) in [6, 6.07) is 33.2. The highest BCUT2D eigenvalue weighted by atomic mass is 35.5. The average Bonchev–Trinajstić information content (AvgIpc) is 2.91. The number of alkyl halides is 1. The van der Waals surface area contributed by atoms with Crippen molar-refractivity contribution >= 4 is 45.3 Å². The third kappa shape index (κ3) is 3.59. The molecule has 4 nitrogen and oxygen atoms in total. The molecule has 0 N–H and O–H groups in total. The van der Waals surface area contributed by atoms with Crippen LogP contribution in [0.5, 0.6) is 0 Å². The Hall–Kier alpha value is -3.50. The van der Waals surface area contributed by atoms with E-state index in [1.807, 2.05) is 35.2 Å². The highest BCUT2D eigenvalue weighted by molar-refractivity contribution is 6.37. The molecule has 5 heteroatoms. The molecule has 4 aromatic carbocycles. The molecule has 4 aromatic rings. The summed E-state index contributed by atoms with van der Waals surface area (Å²) < 4.78 is 0. The second kappa shape index (κ2) is 8.69. The molecule has 2 saturated heterocycles. The second-order valence-corrected chi connectivity index (χ2v) is 9.43. The van der Waals surface area contributed by atoms with Crippen molar-refractivity contribution in [3.05, 3.63) is 103 Å². The molecule has 2 aliphatic heterocycles. The summed E-state index contributed by atoms with van der Waals surface area (Å²) in [4.78, 5) is 19.6. The summed E-state index contributed by atoms with van der Waals surface area (Å²) in [5, 5.41) is 1.81. The zero-order chi connectivity index (χ0) is 23.1. The fourth-order valence-electron chi connectivity index (χ4n) is 5.23. The maximum Gasteiger partial charge on any atom is 0.248 e. The van der Waals surface area contributed by atoms with E-state index >= 15 is 0 Å². The van der Waals surface area contributed by atoms with Crippen molar-refractivity contribution in [3.8, 4) is 0 Å². The molecule has 0 aliphatic carbocycles. The van der Waals surface area contributed by atoms with Gasteiger partial charge in [0.1, 0.15) is 5.38 Å². The minimum Gasteiger partial charge on any atom is -0.368 e. The number of carbonyl (C=O) groups excluding carboxylic acids is 1. The van der Waals surface area contributed by atoms with E-state index in [1.165, 1.54) is 22.1 Å². The average molecular weight is 468 g/mol. The Labute approximate surface area is 205 Å². The van der Waals surface area contributed by atoms with E-state index in [4.69, 9.17) is 11.6 Å². The van der Waals surface area contributed by atoms with Gasteiger partial charge in [-0.15, -0.1) is 11.6 Å². The van der Waals surface area contributed by atoms with Crippen molar-refractivity contribution in [2.45, 2.75) is 11.4 Å². The molecule has 34 heavy (non-hydrogen) atoms. The Morgan fingerprint density at radius 2 is 1.18 bits per heavy atom. The molecule has 1 amide bonds. The van der Waals surface area contributed by atoms with E-state index in [0.29, 0.717) is 0 Å². The number of hydrogen-bond donors (Lipinski definition) is 0. The number of halogens is 1. The summed E-state index contributed by atoms with van der Waals surface area (Å²) in [5.41, 5.74) is 4.45. The fourth-order valence-corrected chi connectivity index (χ4v) is 5.58. The third-order valence-electron chi connectivity index (χ3n) is 7.02. The van der Waals surface area contributed by atoms with Crippen molar-refractivity contribution in [2.75, 3.05) is 40.9 Å². The molecule has 0 spiro atoms. The van der Waals surface area contributed by atoms with Gasteiger partial charge in [0.25, 0.3) is 0 Å². The van der Waals surface area contributed by atoms with Gasteiger partial charge in [0.2, 0.25) is 5.91 Å². The van der Waals surface area contributed by atoms with Crippen molar-refractivity contribution < 1.29 is 4.79 Å². The molecule has 2 aliphatic rings. The van der Waals surface area contributed by atoms with Gasteiger partial charge < -0.3 is 14.7 Å². The predicted octanol–water partition coefficient (Wildman–Crippen LogP) is 5.86. The highest BCUT2D eigenvalue weighted by Gasteiger charge is 2.49. The molecule has 2 fully saturated rings. The lowest BCUT2D eigenvalue weighted by molar-refractivity contribution is -0.123. The quantitative estimate of drug-likeness (QED) is 0.278. The number of β-lactam (4-membered cyclic amide) rings is 1. The topological polar surface area (TPSA) is 26.8 Å². The number of fused-ring (bicyclic) bond motifs is 1. The largest absolute Gasteiger partial charge is 0.368 e. The number of benzene rings is 4. The van der Waals surface area contributed by atoms with Crippen LogP contribution in [0.15, 0.2) is 97.1 Å². The Balaban J connectivity index is 1.37. The van der Waals surface area contributed by atoms with Crippen LogP contribution in [0, 0.1) is 0 Å². The van der Waals surface area contributed by atoms with Crippen molar-refractivity contribution in [2.24, 2.45) is 0 Å². The summed E-state index contributed by atoms with van der Waals surface area (Å²) >= 11 is 6.69. The van der Waals surface area contributed by atoms with E-state index in [9.17, 15) is 4.79 Å². The molecule has 0 saturated carbocycles. The van der Waals surface area contributed by atoms with Crippen LogP contribution in [-0.4, -0.2) is 37.5 Å². The maximum atomic E-state index is 12.9. The summed E-state index contributed by atoms with van der Waals surface area (Å²) in [6.45, 7) is 3.73. The van der Waals surface area contributed by atoms with E-state index < -0.39 is 5.38 Å². The van der Waals surface area contributed by atoms with Gasteiger partial charge in [0.05, 0.1) is 6.04 Å². The first-order chi connectivity index (χ1) is 16.7. The minimum absolute atomic E-state index is 0.0362. The van der Waals surface area contributed by atoms with Crippen LogP contribution in [-0.2, 0) is 4.79 Å². The van der Waals surface area contributed by atoms with E-state index in [2.05, 4.69) is 76.5 Å². The Kier molecular flexibility index (Phi) is 5.39. The number of anilines is 3. The van der Waals surface area contributed by atoms with Gasteiger partial charge in [-0.3, -0.25) is 4.79 Å². The van der Waals surface area contributed by atoms with Gasteiger partial charge in [-0.05, 0) is 47.2 Å². The van der Waals surface area contributed by atoms with Crippen LogP contribution in [0.4, 0.5) is 17.1 Å². The first-order valence-corrected chi connectivity index (χ1v) is 12.2. The zero-order valence-corrected chi connectivity index (χ0v) is 19.6. The summed E-state index contributed by atoms with van der Waals surface area (Å²) in [7, 11) is 0.